The Labute approximate surface area is 101 Å². The van der Waals surface area contributed by atoms with E-state index >= 15 is 0 Å². The summed E-state index contributed by atoms with van der Waals surface area (Å²) in [6.45, 7) is 0. The number of rotatable bonds is 4. The van der Waals surface area contributed by atoms with Gasteiger partial charge < -0.3 is 9.84 Å². The SMILES string of the molecule is COc1cc(Cl)c(C=CC(=O)O)cc1[N+](=O)[O-]. The number of nitrogens with zero attached hydrogens (tertiary/aromatic N) is 1. The fraction of sp³-hybridized carbons (Fsp3) is 0.100. The van der Waals surface area contributed by atoms with Crippen LogP contribution in [0.4, 0.5) is 5.69 Å². The molecule has 1 aromatic rings. The zero-order valence-electron chi connectivity index (χ0n) is 8.71. The third kappa shape index (κ3) is 3.18. The molecule has 0 radical (unpaired) electrons. The molecular weight excluding hydrogens is 250 g/mol. The zero-order valence-corrected chi connectivity index (χ0v) is 9.47. The lowest BCUT2D eigenvalue weighted by Gasteiger charge is -2.04. The summed E-state index contributed by atoms with van der Waals surface area (Å²) in [5.41, 5.74) is -0.0384. The normalized spacial score (nSPS) is 10.5. The van der Waals surface area contributed by atoms with Crippen LogP contribution in [0.5, 0.6) is 5.75 Å². The first-order chi connectivity index (χ1) is 7.95. The second-order valence-corrected chi connectivity index (χ2v) is 3.38. The lowest BCUT2D eigenvalue weighted by Crippen LogP contribution is -1.95. The topological polar surface area (TPSA) is 89.7 Å². The number of nitro groups is 1. The zero-order chi connectivity index (χ0) is 13.0. The number of halogens is 1. The maximum absolute atomic E-state index is 10.7. The van der Waals surface area contributed by atoms with E-state index in [4.69, 9.17) is 21.4 Å². The lowest BCUT2D eigenvalue weighted by atomic mass is 10.1. The number of methoxy groups -OCH3 is 1. The van der Waals surface area contributed by atoms with Gasteiger partial charge in [0.2, 0.25) is 0 Å². The van der Waals surface area contributed by atoms with Gasteiger partial charge in [-0.15, -0.1) is 0 Å². The van der Waals surface area contributed by atoms with E-state index in [1.807, 2.05) is 0 Å². The summed E-state index contributed by atoms with van der Waals surface area (Å²) in [6, 6.07) is 2.42. The van der Waals surface area contributed by atoms with Crippen LogP contribution in [-0.4, -0.2) is 23.1 Å². The highest BCUT2D eigenvalue weighted by Crippen LogP contribution is 2.33. The van der Waals surface area contributed by atoms with Gasteiger partial charge in [-0.2, -0.15) is 0 Å². The summed E-state index contributed by atoms with van der Waals surface area (Å²) in [4.78, 5) is 20.4. The molecule has 90 valence electrons. The molecule has 0 saturated carbocycles. The fourth-order valence-corrected chi connectivity index (χ4v) is 1.37. The van der Waals surface area contributed by atoms with Gasteiger partial charge in [0.1, 0.15) is 0 Å². The predicted molar refractivity (Wildman–Crippen MR) is 61.3 cm³/mol. The van der Waals surface area contributed by atoms with Crippen molar-refractivity contribution in [2.24, 2.45) is 0 Å². The fourth-order valence-electron chi connectivity index (χ4n) is 1.15. The minimum atomic E-state index is -1.17. The number of benzene rings is 1. The number of carbonyl (C=O) groups is 1. The van der Waals surface area contributed by atoms with E-state index in [-0.39, 0.29) is 22.0 Å². The molecule has 17 heavy (non-hydrogen) atoms. The van der Waals surface area contributed by atoms with Crippen LogP contribution in [0.2, 0.25) is 5.02 Å². The minimum Gasteiger partial charge on any atom is -0.490 e. The van der Waals surface area contributed by atoms with Crippen LogP contribution < -0.4 is 4.74 Å². The van der Waals surface area contributed by atoms with Crippen LogP contribution >= 0.6 is 11.6 Å². The van der Waals surface area contributed by atoms with Crippen molar-refractivity contribution >= 4 is 29.3 Å². The highest BCUT2D eigenvalue weighted by atomic mass is 35.5. The summed E-state index contributed by atoms with van der Waals surface area (Å²) in [6.07, 6.45) is 2.02. The highest BCUT2D eigenvalue weighted by Gasteiger charge is 2.17. The van der Waals surface area contributed by atoms with Crippen LogP contribution in [0, 0.1) is 10.1 Å². The van der Waals surface area contributed by atoms with Crippen LogP contribution in [0.25, 0.3) is 6.08 Å². The van der Waals surface area contributed by atoms with E-state index in [1.165, 1.54) is 19.3 Å². The van der Waals surface area contributed by atoms with Crippen molar-refractivity contribution in [1.29, 1.82) is 0 Å². The van der Waals surface area contributed by atoms with Crippen LogP contribution in [0.1, 0.15) is 5.56 Å². The summed E-state index contributed by atoms with van der Waals surface area (Å²) < 4.78 is 4.80. The van der Waals surface area contributed by atoms with Crippen molar-refractivity contribution in [3.63, 3.8) is 0 Å². The van der Waals surface area contributed by atoms with Crippen molar-refractivity contribution in [1.82, 2.24) is 0 Å². The average molecular weight is 258 g/mol. The molecule has 0 heterocycles. The molecule has 0 spiro atoms. The van der Waals surface area contributed by atoms with E-state index < -0.39 is 10.9 Å². The van der Waals surface area contributed by atoms with E-state index in [9.17, 15) is 14.9 Å². The molecule has 0 atom stereocenters. The molecule has 0 unspecified atom stereocenters. The molecule has 0 amide bonds. The van der Waals surface area contributed by atoms with E-state index in [2.05, 4.69) is 0 Å². The van der Waals surface area contributed by atoms with Crippen LogP contribution in [-0.2, 0) is 4.79 Å². The van der Waals surface area contributed by atoms with E-state index in [0.717, 1.165) is 12.1 Å². The van der Waals surface area contributed by atoms with Crippen LogP contribution in [0.3, 0.4) is 0 Å². The van der Waals surface area contributed by atoms with Crippen molar-refractivity contribution in [3.05, 3.63) is 38.9 Å². The van der Waals surface area contributed by atoms with Gasteiger partial charge in [0, 0.05) is 23.8 Å². The quantitative estimate of drug-likeness (QED) is 0.508. The number of carboxylic acids is 1. The van der Waals surface area contributed by atoms with Crippen molar-refractivity contribution in [2.45, 2.75) is 0 Å². The summed E-state index contributed by atoms with van der Waals surface area (Å²) >= 11 is 5.82. The summed E-state index contributed by atoms with van der Waals surface area (Å²) in [5, 5.41) is 19.4. The van der Waals surface area contributed by atoms with Crippen LogP contribution in [0.15, 0.2) is 18.2 Å². The Morgan fingerprint density at radius 3 is 2.71 bits per heavy atom. The molecule has 0 aliphatic carbocycles. The Kier molecular flexibility index (Phi) is 4.06. The Morgan fingerprint density at radius 2 is 2.24 bits per heavy atom. The first-order valence-electron chi connectivity index (χ1n) is 4.38. The van der Waals surface area contributed by atoms with Crippen molar-refractivity contribution in [2.75, 3.05) is 7.11 Å². The average Bonchev–Trinajstić information content (AvgIpc) is 2.26. The van der Waals surface area contributed by atoms with Gasteiger partial charge in [-0.25, -0.2) is 4.79 Å². The molecule has 0 aromatic heterocycles. The number of aliphatic carboxylic acids is 1. The van der Waals surface area contributed by atoms with Gasteiger partial charge in [-0.05, 0) is 6.08 Å². The molecule has 1 aromatic carbocycles. The second-order valence-electron chi connectivity index (χ2n) is 2.97. The Bertz CT molecular complexity index is 498. The third-order valence-electron chi connectivity index (χ3n) is 1.90. The van der Waals surface area contributed by atoms with E-state index in [0.29, 0.717) is 0 Å². The first kappa shape index (κ1) is 13.0. The van der Waals surface area contributed by atoms with Gasteiger partial charge in [-0.1, -0.05) is 11.6 Å². The minimum absolute atomic E-state index is 0.0208. The smallest absolute Gasteiger partial charge is 0.328 e. The molecule has 1 N–H and O–H groups in total. The molecule has 1 rings (SSSR count). The number of ether oxygens (including phenoxy) is 1. The number of hydrogen-bond acceptors (Lipinski definition) is 4. The molecule has 0 aliphatic rings. The second kappa shape index (κ2) is 5.31. The lowest BCUT2D eigenvalue weighted by molar-refractivity contribution is -0.385. The van der Waals surface area contributed by atoms with Gasteiger partial charge >= 0.3 is 11.7 Å². The van der Waals surface area contributed by atoms with Gasteiger partial charge in [-0.3, -0.25) is 10.1 Å². The molecule has 0 saturated heterocycles. The Hall–Kier alpha value is -2.08. The maximum atomic E-state index is 10.7. The largest absolute Gasteiger partial charge is 0.490 e. The van der Waals surface area contributed by atoms with E-state index in [1.54, 1.807) is 0 Å². The number of carboxylic acid groups (broad SMARTS) is 1. The molecule has 0 fully saturated rings. The van der Waals surface area contributed by atoms with Gasteiger partial charge in [0.05, 0.1) is 17.1 Å². The molecule has 0 bridgehead atoms. The predicted octanol–water partition coefficient (Wildman–Crippen LogP) is 2.35. The monoisotopic (exact) mass is 257 g/mol. The molecule has 6 nitrogen and oxygen atoms in total. The maximum Gasteiger partial charge on any atom is 0.328 e. The van der Waals surface area contributed by atoms with Crippen molar-refractivity contribution in [3.8, 4) is 5.75 Å². The highest BCUT2D eigenvalue weighted by molar-refractivity contribution is 6.32. The van der Waals surface area contributed by atoms with Gasteiger partial charge in [0.15, 0.2) is 5.75 Å². The van der Waals surface area contributed by atoms with Gasteiger partial charge in [0.25, 0.3) is 0 Å². The Morgan fingerprint density at radius 1 is 1.59 bits per heavy atom. The molecular formula is C10H8ClNO5. The van der Waals surface area contributed by atoms with Crippen molar-refractivity contribution < 1.29 is 19.6 Å². The molecule has 7 heteroatoms. The Balaban J connectivity index is 3.29. The first-order valence-corrected chi connectivity index (χ1v) is 4.76. The number of nitro benzene ring substituents is 1. The summed E-state index contributed by atoms with van der Waals surface area (Å²) in [5.74, 6) is -1.15. The molecule has 0 aliphatic heterocycles. The summed E-state index contributed by atoms with van der Waals surface area (Å²) in [7, 11) is 1.28. The number of hydrogen-bond donors (Lipinski definition) is 1. The third-order valence-corrected chi connectivity index (χ3v) is 2.23. The standard InChI is InChI=1S/C10H8ClNO5/c1-17-9-5-7(11)6(2-3-10(13)14)4-8(9)12(15)16/h2-5H,1H3,(H,13,14).